The number of anilines is 1. The molecule has 0 unspecified atom stereocenters. The number of hydrogen-bond acceptors (Lipinski definition) is 4. The number of esters is 1. The maximum absolute atomic E-state index is 14.5. The van der Waals surface area contributed by atoms with Crippen LogP contribution in [0.25, 0.3) is 0 Å². The Morgan fingerprint density at radius 3 is 2.21 bits per heavy atom. The van der Waals surface area contributed by atoms with E-state index in [2.05, 4.69) is 70.4 Å². The molecule has 48 heavy (non-hydrogen) atoms. The van der Waals surface area contributed by atoms with E-state index >= 15 is 0 Å². The topological polar surface area (TPSA) is 49.9 Å². The van der Waals surface area contributed by atoms with Gasteiger partial charge in [-0.05, 0) is 116 Å². The largest absolute Gasteiger partial charge is 0.462 e. The minimum absolute atomic E-state index is 0.00895. The molecule has 0 spiro atoms. The van der Waals surface area contributed by atoms with E-state index in [-0.39, 0.29) is 44.6 Å². The van der Waals surface area contributed by atoms with Crippen molar-refractivity contribution in [1.29, 1.82) is 0 Å². The van der Waals surface area contributed by atoms with Crippen LogP contribution in [0.3, 0.4) is 0 Å². The molecule has 1 aliphatic heterocycles. The lowest BCUT2D eigenvalue weighted by molar-refractivity contribution is -0.212. The summed E-state index contributed by atoms with van der Waals surface area (Å²) in [6.07, 6.45) is 14.0. The summed E-state index contributed by atoms with van der Waals surface area (Å²) in [5.41, 5.74) is 3.29. The molecule has 5 aliphatic carbocycles. The van der Waals surface area contributed by atoms with Crippen LogP contribution in [0.5, 0.6) is 0 Å². The molecule has 1 aromatic rings. The van der Waals surface area contributed by atoms with E-state index in [9.17, 15) is 9.59 Å². The zero-order valence-electron chi connectivity index (χ0n) is 31.1. The quantitative estimate of drug-likeness (QED) is 0.236. The lowest BCUT2D eigenvalue weighted by atomic mass is 9.33. The Morgan fingerprint density at radius 1 is 0.833 bits per heavy atom. The standard InChI is InChI=1S/C42H61ClN2O3/c1-28(46)48-35-16-17-40(6)33(37(35,2)3)15-18-42(8)34(40)14-13-29-30-27-39(5,20-19-38(30,4)21-22-41(29,42)7)36(47)45-25-23-44(24-26-45)32-12-10-9-11-31(32)43/h9-13,30,33-35H,14-27H2,1-8H3/t30-,33-,34+,35-,38+,39-,40-,41+,42+/m0/s1. The van der Waals surface area contributed by atoms with Gasteiger partial charge in [-0.2, -0.15) is 0 Å². The molecule has 4 saturated carbocycles. The molecule has 0 N–H and O–H groups in total. The number of rotatable bonds is 3. The molecule has 5 fully saturated rings. The van der Waals surface area contributed by atoms with Gasteiger partial charge in [-0.25, -0.2) is 0 Å². The Kier molecular flexibility index (Phi) is 8.25. The molecule has 5 nitrogen and oxygen atoms in total. The van der Waals surface area contributed by atoms with Gasteiger partial charge in [-0.3, -0.25) is 9.59 Å². The van der Waals surface area contributed by atoms with Crippen LogP contribution in [-0.4, -0.2) is 49.1 Å². The first-order valence-corrected chi connectivity index (χ1v) is 19.5. The first-order chi connectivity index (χ1) is 22.5. The van der Waals surface area contributed by atoms with Crippen molar-refractivity contribution in [2.24, 2.45) is 50.2 Å². The average Bonchev–Trinajstić information content (AvgIpc) is 3.03. The summed E-state index contributed by atoms with van der Waals surface area (Å²) in [6.45, 7) is 22.2. The van der Waals surface area contributed by atoms with Crippen molar-refractivity contribution in [3.8, 4) is 0 Å². The van der Waals surface area contributed by atoms with Gasteiger partial charge in [0.25, 0.3) is 0 Å². The summed E-state index contributed by atoms with van der Waals surface area (Å²) >= 11 is 6.53. The smallest absolute Gasteiger partial charge is 0.302 e. The van der Waals surface area contributed by atoms with Crippen LogP contribution in [0.15, 0.2) is 35.9 Å². The molecular formula is C42H61ClN2O3. The van der Waals surface area contributed by atoms with Crippen LogP contribution in [0, 0.1) is 50.2 Å². The summed E-state index contributed by atoms with van der Waals surface area (Å²) in [7, 11) is 0. The number of ether oxygens (including phenoxy) is 1. The molecule has 0 bridgehead atoms. The maximum atomic E-state index is 14.5. The van der Waals surface area contributed by atoms with Gasteiger partial charge in [0.1, 0.15) is 6.10 Å². The van der Waals surface area contributed by atoms with Crippen molar-refractivity contribution in [2.75, 3.05) is 31.1 Å². The third-order valence-corrected chi connectivity index (χ3v) is 16.7. The first kappa shape index (κ1) is 34.4. The number of carbonyl (C=O) groups is 2. The molecule has 0 aromatic heterocycles. The zero-order valence-corrected chi connectivity index (χ0v) is 31.8. The third kappa shape index (κ3) is 4.96. The predicted octanol–water partition coefficient (Wildman–Crippen LogP) is 9.72. The van der Waals surface area contributed by atoms with E-state index in [1.807, 2.05) is 18.2 Å². The second kappa shape index (κ2) is 11.5. The lowest BCUT2D eigenvalue weighted by Gasteiger charge is -2.71. The van der Waals surface area contributed by atoms with Gasteiger partial charge in [-0.15, -0.1) is 0 Å². The maximum Gasteiger partial charge on any atom is 0.302 e. The van der Waals surface area contributed by atoms with Gasteiger partial charge >= 0.3 is 5.97 Å². The summed E-state index contributed by atoms with van der Waals surface area (Å²) in [5.74, 6) is 1.85. The fourth-order valence-corrected chi connectivity index (χ4v) is 13.4. The van der Waals surface area contributed by atoms with E-state index in [4.69, 9.17) is 16.3 Å². The summed E-state index contributed by atoms with van der Waals surface area (Å²) in [6, 6.07) is 8.07. The molecule has 6 aliphatic rings. The number of benzene rings is 1. The predicted molar refractivity (Wildman–Crippen MR) is 195 cm³/mol. The van der Waals surface area contributed by atoms with Crippen LogP contribution in [0.2, 0.25) is 5.02 Å². The molecule has 0 radical (unpaired) electrons. The minimum atomic E-state index is -0.323. The van der Waals surface area contributed by atoms with Gasteiger partial charge in [0.05, 0.1) is 10.7 Å². The van der Waals surface area contributed by atoms with Gasteiger partial charge in [-0.1, -0.05) is 83.8 Å². The Hall–Kier alpha value is -2.01. The molecule has 9 atom stereocenters. The lowest BCUT2D eigenvalue weighted by Crippen LogP contribution is -2.65. The highest BCUT2D eigenvalue weighted by Crippen LogP contribution is 2.75. The number of piperazine rings is 1. The van der Waals surface area contributed by atoms with Crippen molar-refractivity contribution in [1.82, 2.24) is 4.90 Å². The molecule has 1 saturated heterocycles. The molecule has 1 aromatic carbocycles. The van der Waals surface area contributed by atoms with Crippen LogP contribution in [-0.2, 0) is 14.3 Å². The Morgan fingerprint density at radius 2 is 1.52 bits per heavy atom. The number of hydrogen-bond donors (Lipinski definition) is 0. The SMILES string of the molecule is CC(=O)O[C@H]1CC[C@]2(C)[C@H]3CC=C4[C@@H]5C[C@@](C)(C(=O)N6CCN(c7ccccc7Cl)CC6)CC[C@]5(C)CC[C@@]4(C)[C@]3(C)CC[C@H]2C1(C)C. The summed E-state index contributed by atoms with van der Waals surface area (Å²) < 4.78 is 5.96. The first-order valence-electron chi connectivity index (χ1n) is 19.2. The summed E-state index contributed by atoms with van der Waals surface area (Å²) in [5, 5.41) is 0.786. The van der Waals surface area contributed by atoms with Crippen molar-refractivity contribution in [3.63, 3.8) is 0 Å². The van der Waals surface area contributed by atoms with Crippen LogP contribution < -0.4 is 4.90 Å². The van der Waals surface area contributed by atoms with E-state index in [1.54, 1.807) is 12.5 Å². The van der Waals surface area contributed by atoms with Crippen molar-refractivity contribution >= 4 is 29.2 Å². The highest BCUT2D eigenvalue weighted by molar-refractivity contribution is 6.33. The second-order valence-corrected chi connectivity index (χ2v) is 19.4. The van der Waals surface area contributed by atoms with E-state index in [0.717, 1.165) is 75.4 Å². The number of amides is 1. The van der Waals surface area contributed by atoms with Crippen molar-refractivity contribution in [2.45, 2.75) is 126 Å². The Balaban J connectivity index is 1.13. The molecule has 6 heteroatoms. The third-order valence-electron chi connectivity index (χ3n) is 16.4. The molecule has 264 valence electrons. The van der Waals surface area contributed by atoms with Crippen LogP contribution in [0.4, 0.5) is 5.69 Å². The van der Waals surface area contributed by atoms with Crippen LogP contribution >= 0.6 is 11.6 Å². The molecule has 1 heterocycles. The average molecular weight is 677 g/mol. The number of carbonyl (C=O) groups excluding carboxylic acids is 2. The van der Waals surface area contributed by atoms with E-state index < -0.39 is 0 Å². The minimum Gasteiger partial charge on any atom is -0.462 e. The molecule has 7 rings (SSSR count). The number of allylic oxidation sites excluding steroid dienone is 2. The van der Waals surface area contributed by atoms with Crippen LogP contribution in [0.1, 0.15) is 120 Å². The number of para-hydroxylation sites is 1. The van der Waals surface area contributed by atoms with E-state index in [0.29, 0.717) is 23.7 Å². The fourth-order valence-electron chi connectivity index (χ4n) is 13.2. The highest BCUT2D eigenvalue weighted by atomic mass is 35.5. The second-order valence-electron chi connectivity index (χ2n) is 19.0. The fraction of sp³-hybridized carbons (Fsp3) is 0.762. The van der Waals surface area contributed by atoms with Gasteiger partial charge in [0.2, 0.25) is 5.91 Å². The number of halogens is 1. The zero-order chi connectivity index (χ0) is 34.5. The normalized spacial score (nSPS) is 43.6. The molecular weight excluding hydrogens is 616 g/mol. The number of nitrogens with zero attached hydrogens (tertiary/aromatic N) is 2. The van der Waals surface area contributed by atoms with Gasteiger partial charge in [0, 0.05) is 43.9 Å². The van der Waals surface area contributed by atoms with Crippen molar-refractivity contribution < 1.29 is 14.3 Å². The monoisotopic (exact) mass is 676 g/mol. The Labute approximate surface area is 295 Å². The highest BCUT2D eigenvalue weighted by Gasteiger charge is 2.68. The van der Waals surface area contributed by atoms with E-state index in [1.165, 1.54) is 25.7 Å². The molecule has 1 amide bonds. The Bertz CT molecular complexity index is 1500. The van der Waals surface area contributed by atoms with Crippen molar-refractivity contribution in [3.05, 3.63) is 40.9 Å². The number of fused-ring (bicyclic) bond motifs is 7. The summed E-state index contributed by atoms with van der Waals surface area (Å²) in [4.78, 5) is 31.0. The van der Waals surface area contributed by atoms with Gasteiger partial charge in [0.15, 0.2) is 0 Å². The van der Waals surface area contributed by atoms with Gasteiger partial charge < -0.3 is 14.5 Å².